The lowest BCUT2D eigenvalue weighted by Crippen LogP contribution is -1.98. The highest BCUT2D eigenvalue weighted by Crippen LogP contribution is 2.39. The van der Waals surface area contributed by atoms with Crippen LogP contribution in [0, 0.1) is 12.7 Å². The van der Waals surface area contributed by atoms with Crippen molar-refractivity contribution in [3.05, 3.63) is 89.7 Å². The van der Waals surface area contributed by atoms with Crippen molar-refractivity contribution < 1.29 is 9.50 Å². The molecule has 0 aliphatic rings. The normalized spacial score (nSPS) is 11.5. The summed E-state index contributed by atoms with van der Waals surface area (Å²) in [5.41, 5.74) is 3.97. The van der Waals surface area contributed by atoms with Crippen molar-refractivity contribution in [2.75, 3.05) is 0 Å². The van der Waals surface area contributed by atoms with Gasteiger partial charge in [-0.15, -0.1) is 5.11 Å². The minimum atomic E-state index is -0.284. The van der Waals surface area contributed by atoms with Gasteiger partial charge < -0.3 is 9.67 Å². The van der Waals surface area contributed by atoms with E-state index < -0.39 is 0 Å². The van der Waals surface area contributed by atoms with Crippen LogP contribution in [0.4, 0.5) is 15.8 Å². The molecule has 0 fully saturated rings. The summed E-state index contributed by atoms with van der Waals surface area (Å²) < 4.78 is 14.9. The Kier molecular flexibility index (Phi) is 4.42. The van der Waals surface area contributed by atoms with Gasteiger partial charge in [0.25, 0.3) is 0 Å². The number of aromatic nitrogens is 1. The minimum Gasteiger partial charge on any atom is -0.493 e. The third kappa shape index (κ3) is 3.44. The van der Waals surface area contributed by atoms with Crippen molar-refractivity contribution in [1.29, 1.82) is 0 Å². The summed E-state index contributed by atoms with van der Waals surface area (Å²) in [7, 11) is 0. The molecule has 0 amide bonds. The zero-order valence-electron chi connectivity index (χ0n) is 14.8. The van der Waals surface area contributed by atoms with Crippen molar-refractivity contribution in [3.8, 4) is 5.88 Å². The van der Waals surface area contributed by atoms with Gasteiger partial charge in [0, 0.05) is 5.39 Å². The van der Waals surface area contributed by atoms with Crippen LogP contribution in [-0.4, -0.2) is 9.67 Å². The van der Waals surface area contributed by atoms with Gasteiger partial charge in [-0.1, -0.05) is 42.5 Å². The molecule has 0 saturated heterocycles. The summed E-state index contributed by atoms with van der Waals surface area (Å²) in [4.78, 5) is 0. The van der Waals surface area contributed by atoms with E-state index in [1.165, 1.54) is 12.1 Å². The highest BCUT2D eigenvalue weighted by Gasteiger charge is 2.16. The van der Waals surface area contributed by atoms with Crippen molar-refractivity contribution in [2.24, 2.45) is 10.2 Å². The topological polar surface area (TPSA) is 49.9 Å². The first-order valence-electron chi connectivity index (χ1n) is 8.65. The molecule has 5 heteroatoms. The van der Waals surface area contributed by atoms with Gasteiger partial charge in [0.1, 0.15) is 5.82 Å². The molecule has 0 aliphatic heterocycles. The Morgan fingerprint density at radius 2 is 1.70 bits per heavy atom. The average Bonchev–Trinajstić information content (AvgIpc) is 2.93. The van der Waals surface area contributed by atoms with Gasteiger partial charge in [-0.25, -0.2) is 4.39 Å². The van der Waals surface area contributed by atoms with Gasteiger partial charge in [-0.05, 0) is 48.4 Å². The smallest absolute Gasteiger partial charge is 0.221 e. The zero-order valence-corrected chi connectivity index (χ0v) is 14.8. The second-order valence-corrected chi connectivity index (χ2v) is 6.44. The molecule has 1 aromatic heterocycles. The number of para-hydroxylation sites is 1. The molecule has 0 atom stereocenters. The maximum absolute atomic E-state index is 13.2. The van der Waals surface area contributed by atoms with Crippen LogP contribution >= 0.6 is 0 Å². The van der Waals surface area contributed by atoms with Crippen LogP contribution in [0.2, 0.25) is 0 Å². The molecular formula is C22H18FN3O. The Hall–Kier alpha value is -3.47. The Balaban J connectivity index is 1.77. The quantitative estimate of drug-likeness (QED) is 0.430. The van der Waals surface area contributed by atoms with E-state index in [9.17, 15) is 9.50 Å². The van der Waals surface area contributed by atoms with Gasteiger partial charge in [0.15, 0.2) is 5.69 Å². The first-order chi connectivity index (χ1) is 13.1. The van der Waals surface area contributed by atoms with E-state index in [4.69, 9.17) is 0 Å². The number of rotatable bonds is 4. The SMILES string of the molecule is Cc1cccc(N=Nc2c(O)n(Cc3ccc(F)cc3)c3ccccc23)c1. The molecular weight excluding hydrogens is 341 g/mol. The predicted octanol–water partition coefficient (Wildman–Crippen LogP) is 6.26. The number of hydrogen-bond donors (Lipinski definition) is 1. The largest absolute Gasteiger partial charge is 0.493 e. The number of aromatic hydroxyl groups is 1. The van der Waals surface area contributed by atoms with Gasteiger partial charge in [0.2, 0.25) is 5.88 Å². The molecule has 3 aromatic carbocycles. The lowest BCUT2D eigenvalue weighted by molar-refractivity contribution is 0.429. The molecule has 4 rings (SSSR count). The average molecular weight is 359 g/mol. The molecule has 134 valence electrons. The van der Waals surface area contributed by atoms with Crippen LogP contribution < -0.4 is 0 Å². The number of hydrogen-bond acceptors (Lipinski definition) is 3. The Morgan fingerprint density at radius 1 is 0.926 bits per heavy atom. The van der Waals surface area contributed by atoms with E-state index >= 15 is 0 Å². The van der Waals surface area contributed by atoms with Crippen LogP contribution in [0.5, 0.6) is 5.88 Å². The molecule has 0 radical (unpaired) electrons. The van der Waals surface area contributed by atoms with E-state index in [0.29, 0.717) is 12.2 Å². The molecule has 0 unspecified atom stereocenters. The van der Waals surface area contributed by atoms with E-state index in [-0.39, 0.29) is 11.7 Å². The summed E-state index contributed by atoms with van der Waals surface area (Å²) >= 11 is 0. The van der Waals surface area contributed by atoms with Gasteiger partial charge >= 0.3 is 0 Å². The fraction of sp³-hybridized carbons (Fsp3) is 0.0909. The molecule has 27 heavy (non-hydrogen) atoms. The van der Waals surface area contributed by atoms with E-state index in [2.05, 4.69) is 10.2 Å². The zero-order chi connectivity index (χ0) is 18.8. The molecule has 4 nitrogen and oxygen atoms in total. The Bertz CT molecular complexity index is 1130. The van der Waals surface area contributed by atoms with Crippen LogP contribution in [0.25, 0.3) is 10.9 Å². The van der Waals surface area contributed by atoms with Gasteiger partial charge in [-0.3, -0.25) is 0 Å². The number of halogens is 1. The van der Waals surface area contributed by atoms with E-state index in [0.717, 1.165) is 27.7 Å². The van der Waals surface area contributed by atoms with E-state index in [1.807, 2.05) is 55.5 Å². The number of benzene rings is 3. The first-order valence-corrected chi connectivity index (χ1v) is 8.65. The molecule has 0 spiro atoms. The maximum atomic E-state index is 13.2. The second kappa shape index (κ2) is 7.03. The highest BCUT2D eigenvalue weighted by atomic mass is 19.1. The van der Waals surface area contributed by atoms with Crippen LogP contribution in [0.15, 0.2) is 83.0 Å². The number of aryl methyl sites for hydroxylation is 1. The summed E-state index contributed by atoms with van der Waals surface area (Å²) in [6.45, 7) is 2.40. The Labute approximate surface area is 156 Å². The first kappa shape index (κ1) is 17.0. The summed E-state index contributed by atoms with van der Waals surface area (Å²) in [5.74, 6) is -0.245. The van der Waals surface area contributed by atoms with Crippen molar-refractivity contribution in [3.63, 3.8) is 0 Å². The third-order valence-electron chi connectivity index (χ3n) is 4.44. The lowest BCUT2D eigenvalue weighted by Gasteiger charge is -2.07. The highest BCUT2D eigenvalue weighted by molar-refractivity contribution is 5.95. The molecule has 1 heterocycles. The standard InChI is InChI=1S/C22H18FN3O/c1-15-5-4-6-18(13-15)24-25-21-19-7-2-3-8-20(19)26(22(21)27)14-16-9-11-17(23)12-10-16/h2-13,27H,14H2,1H3. The van der Waals surface area contributed by atoms with Crippen LogP contribution in [0.3, 0.4) is 0 Å². The number of azo groups is 1. The van der Waals surface area contributed by atoms with Crippen molar-refractivity contribution in [1.82, 2.24) is 4.57 Å². The fourth-order valence-electron chi connectivity index (χ4n) is 3.10. The van der Waals surface area contributed by atoms with Gasteiger partial charge in [-0.2, -0.15) is 5.11 Å². The van der Waals surface area contributed by atoms with Gasteiger partial charge in [0.05, 0.1) is 17.7 Å². The molecule has 0 bridgehead atoms. The summed E-state index contributed by atoms with van der Waals surface area (Å²) in [6.07, 6.45) is 0. The maximum Gasteiger partial charge on any atom is 0.221 e. The molecule has 4 aromatic rings. The minimum absolute atomic E-state index is 0.0388. The second-order valence-electron chi connectivity index (χ2n) is 6.44. The third-order valence-corrected chi connectivity index (χ3v) is 4.44. The summed E-state index contributed by atoms with van der Waals surface area (Å²) in [6, 6.07) is 21.6. The van der Waals surface area contributed by atoms with Crippen molar-refractivity contribution in [2.45, 2.75) is 13.5 Å². The van der Waals surface area contributed by atoms with E-state index in [1.54, 1.807) is 16.7 Å². The number of nitrogens with zero attached hydrogens (tertiary/aromatic N) is 3. The molecule has 0 aliphatic carbocycles. The summed E-state index contributed by atoms with van der Waals surface area (Å²) in [5, 5.41) is 20.2. The molecule has 1 N–H and O–H groups in total. The van der Waals surface area contributed by atoms with Crippen LogP contribution in [0.1, 0.15) is 11.1 Å². The van der Waals surface area contributed by atoms with Crippen LogP contribution in [-0.2, 0) is 6.54 Å². The van der Waals surface area contributed by atoms with Crippen molar-refractivity contribution >= 4 is 22.3 Å². The molecule has 0 saturated carbocycles. The number of fused-ring (bicyclic) bond motifs is 1. The lowest BCUT2D eigenvalue weighted by atomic mass is 10.2. The predicted molar refractivity (Wildman–Crippen MR) is 104 cm³/mol. The Morgan fingerprint density at radius 3 is 2.48 bits per heavy atom. The fourth-order valence-corrected chi connectivity index (χ4v) is 3.10. The monoisotopic (exact) mass is 359 g/mol.